The van der Waals surface area contributed by atoms with E-state index in [1.54, 1.807) is 12.4 Å². The number of aryl methyl sites for hydroxylation is 3. The Kier molecular flexibility index (Phi) is 4.21. The van der Waals surface area contributed by atoms with Gasteiger partial charge in [-0.15, -0.1) is 5.10 Å². The summed E-state index contributed by atoms with van der Waals surface area (Å²) in [6.45, 7) is 4.75. The highest BCUT2D eigenvalue weighted by Crippen LogP contribution is 2.35. The molecular formula is C24H22FN7. The highest BCUT2D eigenvalue weighted by atomic mass is 19.1. The molecule has 0 saturated carbocycles. The Morgan fingerprint density at radius 1 is 1.12 bits per heavy atom. The number of aromatic amines is 1. The van der Waals surface area contributed by atoms with Crippen LogP contribution in [0.5, 0.6) is 0 Å². The third-order valence-electron chi connectivity index (χ3n) is 6.19. The van der Waals surface area contributed by atoms with E-state index < -0.39 is 0 Å². The van der Waals surface area contributed by atoms with Crippen LogP contribution in [0.1, 0.15) is 41.4 Å². The molecule has 0 saturated heterocycles. The Balaban J connectivity index is 1.39. The molecule has 0 bridgehead atoms. The smallest absolute Gasteiger partial charge is 0.197 e. The van der Waals surface area contributed by atoms with Crippen molar-refractivity contribution in [2.45, 2.75) is 39.2 Å². The lowest BCUT2D eigenvalue weighted by molar-refractivity contribution is 0.445. The molecule has 6 rings (SSSR count). The van der Waals surface area contributed by atoms with Gasteiger partial charge in [-0.3, -0.25) is 4.57 Å². The van der Waals surface area contributed by atoms with Gasteiger partial charge in [-0.1, -0.05) is 6.07 Å². The van der Waals surface area contributed by atoms with Crippen molar-refractivity contribution in [3.63, 3.8) is 0 Å². The SMILES string of the molecule is Cc1cn(-c2cc3cc(-c4nc5n(n4)CCCC5c4ccc(F)cc4C)[nH]c3cn2)cn1. The van der Waals surface area contributed by atoms with E-state index >= 15 is 0 Å². The monoisotopic (exact) mass is 427 g/mol. The minimum Gasteiger partial charge on any atom is -0.351 e. The largest absolute Gasteiger partial charge is 0.351 e. The quantitative estimate of drug-likeness (QED) is 0.453. The number of fused-ring (bicyclic) bond motifs is 2. The van der Waals surface area contributed by atoms with Gasteiger partial charge in [-0.05, 0) is 62.1 Å². The van der Waals surface area contributed by atoms with E-state index in [0.717, 1.165) is 64.4 Å². The fourth-order valence-corrected chi connectivity index (χ4v) is 4.62. The molecule has 1 aliphatic rings. The molecule has 0 fully saturated rings. The predicted octanol–water partition coefficient (Wildman–Crippen LogP) is 4.69. The molecule has 4 aromatic heterocycles. The van der Waals surface area contributed by atoms with Crippen molar-refractivity contribution in [3.8, 4) is 17.3 Å². The lowest BCUT2D eigenvalue weighted by Crippen LogP contribution is -2.18. The Hall–Kier alpha value is -3.81. The number of pyridine rings is 1. The molecule has 1 aromatic carbocycles. The molecule has 0 spiro atoms. The number of benzene rings is 1. The topological polar surface area (TPSA) is 77.2 Å². The summed E-state index contributed by atoms with van der Waals surface area (Å²) in [5.41, 5.74) is 4.80. The average molecular weight is 427 g/mol. The number of H-pyrrole nitrogens is 1. The lowest BCUT2D eigenvalue weighted by Gasteiger charge is -2.23. The summed E-state index contributed by atoms with van der Waals surface area (Å²) in [5.74, 6) is 2.33. The number of nitrogens with zero attached hydrogens (tertiary/aromatic N) is 6. The van der Waals surface area contributed by atoms with Gasteiger partial charge in [-0.2, -0.15) is 0 Å². The molecule has 1 atom stereocenters. The second-order valence-corrected chi connectivity index (χ2v) is 8.45. The normalized spacial score (nSPS) is 15.9. The number of hydrogen-bond donors (Lipinski definition) is 1. The molecule has 0 radical (unpaired) electrons. The molecule has 1 unspecified atom stereocenters. The summed E-state index contributed by atoms with van der Waals surface area (Å²) in [5, 5.41) is 5.82. The van der Waals surface area contributed by atoms with Crippen molar-refractivity contribution >= 4 is 10.9 Å². The van der Waals surface area contributed by atoms with E-state index in [1.165, 1.54) is 6.07 Å². The summed E-state index contributed by atoms with van der Waals surface area (Å²) in [4.78, 5) is 17.1. The number of aromatic nitrogens is 7. The van der Waals surface area contributed by atoms with Crippen LogP contribution < -0.4 is 0 Å². The van der Waals surface area contributed by atoms with Gasteiger partial charge in [-0.25, -0.2) is 24.0 Å². The zero-order chi connectivity index (χ0) is 21.8. The molecule has 7 nitrogen and oxygen atoms in total. The Labute approximate surface area is 184 Å². The van der Waals surface area contributed by atoms with Gasteiger partial charge in [0, 0.05) is 24.0 Å². The van der Waals surface area contributed by atoms with Crippen molar-refractivity contribution in [3.05, 3.63) is 77.5 Å². The van der Waals surface area contributed by atoms with Crippen molar-refractivity contribution in [2.24, 2.45) is 0 Å². The highest BCUT2D eigenvalue weighted by Gasteiger charge is 2.27. The first-order valence-corrected chi connectivity index (χ1v) is 10.8. The first-order valence-electron chi connectivity index (χ1n) is 10.8. The Bertz CT molecular complexity index is 1460. The van der Waals surface area contributed by atoms with Gasteiger partial charge in [0.1, 0.15) is 23.8 Å². The third kappa shape index (κ3) is 3.10. The van der Waals surface area contributed by atoms with Crippen LogP contribution in [0.25, 0.3) is 28.2 Å². The van der Waals surface area contributed by atoms with Gasteiger partial charge in [0.05, 0.1) is 23.1 Å². The first kappa shape index (κ1) is 18.9. The number of nitrogens with one attached hydrogen (secondary N) is 1. The summed E-state index contributed by atoms with van der Waals surface area (Å²) in [6.07, 6.45) is 7.53. The van der Waals surface area contributed by atoms with Crippen molar-refractivity contribution in [1.29, 1.82) is 0 Å². The molecular weight excluding hydrogens is 405 g/mol. The maximum absolute atomic E-state index is 13.6. The van der Waals surface area contributed by atoms with Crippen LogP contribution in [-0.2, 0) is 6.54 Å². The predicted molar refractivity (Wildman–Crippen MR) is 119 cm³/mol. The van der Waals surface area contributed by atoms with Crippen LogP contribution in [0, 0.1) is 19.7 Å². The van der Waals surface area contributed by atoms with E-state index in [9.17, 15) is 4.39 Å². The van der Waals surface area contributed by atoms with E-state index in [4.69, 9.17) is 10.1 Å². The maximum Gasteiger partial charge on any atom is 0.197 e. The Morgan fingerprint density at radius 2 is 2.03 bits per heavy atom. The van der Waals surface area contributed by atoms with Gasteiger partial charge in [0.2, 0.25) is 0 Å². The average Bonchev–Trinajstić information content (AvgIpc) is 3.50. The van der Waals surface area contributed by atoms with E-state index in [2.05, 4.69) is 21.0 Å². The molecule has 1 aliphatic heterocycles. The molecule has 160 valence electrons. The maximum atomic E-state index is 13.6. The van der Waals surface area contributed by atoms with Crippen LogP contribution in [-0.4, -0.2) is 34.3 Å². The van der Waals surface area contributed by atoms with Gasteiger partial charge >= 0.3 is 0 Å². The second-order valence-electron chi connectivity index (χ2n) is 8.45. The van der Waals surface area contributed by atoms with Crippen molar-refractivity contribution < 1.29 is 4.39 Å². The summed E-state index contributed by atoms with van der Waals surface area (Å²) in [6, 6.07) is 9.09. The number of hydrogen-bond acceptors (Lipinski definition) is 4. The highest BCUT2D eigenvalue weighted by molar-refractivity contribution is 5.85. The fourth-order valence-electron chi connectivity index (χ4n) is 4.62. The van der Waals surface area contributed by atoms with E-state index in [1.807, 2.05) is 47.6 Å². The molecule has 0 aliphatic carbocycles. The molecule has 8 heteroatoms. The van der Waals surface area contributed by atoms with Crippen LogP contribution in [0.15, 0.2) is 49.1 Å². The third-order valence-corrected chi connectivity index (χ3v) is 6.19. The summed E-state index contributed by atoms with van der Waals surface area (Å²) >= 11 is 0. The first-order chi connectivity index (χ1) is 15.5. The summed E-state index contributed by atoms with van der Waals surface area (Å²) in [7, 11) is 0. The minimum atomic E-state index is -0.207. The number of halogens is 1. The number of rotatable bonds is 3. The summed E-state index contributed by atoms with van der Waals surface area (Å²) < 4.78 is 17.5. The Morgan fingerprint density at radius 3 is 2.84 bits per heavy atom. The van der Waals surface area contributed by atoms with Crippen LogP contribution >= 0.6 is 0 Å². The van der Waals surface area contributed by atoms with E-state index in [0.29, 0.717) is 5.82 Å². The zero-order valence-corrected chi connectivity index (χ0v) is 17.9. The molecule has 5 aromatic rings. The zero-order valence-electron chi connectivity index (χ0n) is 17.9. The minimum absolute atomic E-state index is 0.118. The number of imidazole rings is 1. The van der Waals surface area contributed by atoms with Crippen molar-refractivity contribution in [1.82, 2.24) is 34.3 Å². The van der Waals surface area contributed by atoms with Gasteiger partial charge < -0.3 is 4.98 Å². The standard InChI is InChI=1S/C24H22FN7/c1-14-8-17(25)5-6-18(14)19-4-3-7-32-24(19)29-23(30-32)20-9-16-10-22(26-11-21(16)28-20)31-12-15(2)27-13-31/h5-6,8-13,19,28H,3-4,7H2,1-2H3. The lowest BCUT2D eigenvalue weighted by atomic mass is 9.88. The van der Waals surface area contributed by atoms with Gasteiger partial charge in [0.25, 0.3) is 0 Å². The second kappa shape index (κ2) is 7.12. The van der Waals surface area contributed by atoms with Gasteiger partial charge in [0.15, 0.2) is 5.82 Å². The molecule has 5 heterocycles. The van der Waals surface area contributed by atoms with E-state index in [-0.39, 0.29) is 11.7 Å². The molecule has 32 heavy (non-hydrogen) atoms. The fraction of sp³-hybridized carbons (Fsp3) is 0.250. The van der Waals surface area contributed by atoms with Crippen LogP contribution in [0.2, 0.25) is 0 Å². The van der Waals surface area contributed by atoms with Crippen LogP contribution in [0.4, 0.5) is 4.39 Å². The molecule has 0 amide bonds. The molecule has 1 N–H and O–H groups in total. The van der Waals surface area contributed by atoms with Crippen molar-refractivity contribution in [2.75, 3.05) is 0 Å². The van der Waals surface area contributed by atoms with Crippen LogP contribution in [0.3, 0.4) is 0 Å².